The second-order valence-electron chi connectivity index (χ2n) is 3.59. The van der Waals surface area contributed by atoms with Gasteiger partial charge in [-0.2, -0.15) is 0 Å². The van der Waals surface area contributed by atoms with E-state index in [-0.39, 0.29) is 0 Å². The summed E-state index contributed by atoms with van der Waals surface area (Å²) in [5.41, 5.74) is 0. The molecule has 0 bridgehead atoms. The van der Waals surface area contributed by atoms with Crippen LogP contribution in [0, 0.1) is 0 Å². The molecule has 1 aliphatic carbocycles. The van der Waals surface area contributed by atoms with E-state index < -0.39 is 0 Å². The van der Waals surface area contributed by atoms with Crippen LogP contribution >= 0.6 is 0 Å². The largest absolute Gasteiger partial charge is 0.0882 e. The summed E-state index contributed by atoms with van der Waals surface area (Å²) in [5.74, 6) is 0. The Hall–Kier alpha value is -1.04. The predicted molar refractivity (Wildman–Crippen MR) is 64.3 cm³/mol. The van der Waals surface area contributed by atoms with Gasteiger partial charge in [-0.1, -0.05) is 55.0 Å². The summed E-state index contributed by atoms with van der Waals surface area (Å²) < 4.78 is 0. The van der Waals surface area contributed by atoms with Crippen molar-refractivity contribution in [3.63, 3.8) is 0 Å². The Morgan fingerprint density at radius 2 is 1.21 bits per heavy atom. The predicted octanol–water partition coefficient (Wildman–Crippen LogP) is 4.57. The summed E-state index contributed by atoms with van der Waals surface area (Å²) in [6.45, 7) is 0. The SMILES string of the molecule is C1=CC/C=C\CCCCC/C=C\C=C\1. The van der Waals surface area contributed by atoms with Gasteiger partial charge in [0.25, 0.3) is 0 Å². The van der Waals surface area contributed by atoms with Crippen molar-refractivity contribution >= 4 is 0 Å². The quantitative estimate of drug-likeness (QED) is 0.489. The maximum absolute atomic E-state index is 2.30. The van der Waals surface area contributed by atoms with Gasteiger partial charge in [0.05, 0.1) is 0 Å². The van der Waals surface area contributed by atoms with Crippen LogP contribution in [0.3, 0.4) is 0 Å². The van der Waals surface area contributed by atoms with Crippen LogP contribution in [-0.2, 0) is 0 Å². The molecule has 14 heavy (non-hydrogen) atoms. The van der Waals surface area contributed by atoms with Crippen LogP contribution in [0.1, 0.15) is 38.5 Å². The lowest BCUT2D eigenvalue weighted by atomic mass is 10.1. The van der Waals surface area contributed by atoms with Gasteiger partial charge in [-0.3, -0.25) is 0 Å². The summed E-state index contributed by atoms with van der Waals surface area (Å²) in [4.78, 5) is 0. The summed E-state index contributed by atoms with van der Waals surface area (Å²) >= 11 is 0. The summed E-state index contributed by atoms with van der Waals surface area (Å²) in [6, 6.07) is 0. The summed E-state index contributed by atoms with van der Waals surface area (Å²) in [5, 5.41) is 0. The first-order valence-electron chi connectivity index (χ1n) is 5.63. The van der Waals surface area contributed by atoms with Crippen LogP contribution in [0.15, 0.2) is 48.6 Å². The molecule has 0 N–H and O–H groups in total. The van der Waals surface area contributed by atoms with Crippen LogP contribution in [0.25, 0.3) is 0 Å². The van der Waals surface area contributed by atoms with Crippen LogP contribution in [0.2, 0.25) is 0 Å². The van der Waals surface area contributed by atoms with Gasteiger partial charge in [-0.15, -0.1) is 0 Å². The molecule has 0 aromatic rings. The Morgan fingerprint density at radius 1 is 0.500 bits per heavy atom. The van der Waals surface area contributed by atoms with Crippen molar-refractivity contribution in [2.24, 2.45) is 0 Å². The normalized spacial score (nSPS) is 26.3. The van der Waals surface area contributed by atoms with Crippen molar-refractivity contribution in [3.05, 3.63) is 48.6 Å². The first-order valence-corrected chi connectivity index (χ1v) is 5.63. The van der Waals surface area contributed by atoms with Crippen molar-refractivity contribution in [2.45, 2.75) is 38.5 Å². The summed E-state index contributed by atoms with van der Waals surface area (Å²) in [7, 11) is 0. The van der Waals surface area contributed by atoms with E-state index in [1.165, 1.54) is 32.1 Å². The molecular weight excluding hydrogens is 168 g/mol. The second-order valence-corrected chi connectivity index (χ2v) is 3.59. The van der Waals surface area contributed by atoms with E-state index in [1.54, 1.807) is 0 Å². The number of hydrogen-bond donors (Lipinski definition) is 0. The van der Waals surface area contributed by atoms with E-state index in [4.69, 9.17) is 0 Å². The van der Waals surface area contributed by atoms with Crippen LogP contribution in [0.5, 0.6) is 0 Å². The fraction of sp³-hybridized carbons (Fsp3) is 0.429. The standard InChI is InChI=1S/C14H20/c1-2-4-6-8-10-12-14-13-11-9-7-5-3-1/h1-6,9,11H,7-8,10,12-14H2/b2-1+,5-3?,6-4-,11-9-. The van der Waals surface area contributed by atoms with Gasteiger partial charge in [-0.05, 0) is 32.1 Å². The zero-order chi connectivity index (χ0) is 9.90. The average molecular weight is 188 g/mol. The van der Waals surface area contributed by atoms with Gasteiger partial charge >= 0.3 is 0 Å². The Morgan fingerprint density at radius 3 is 2.07 bits per heavy atom. The van der Waals surface area contributed by atoms with Crippen LogP contribution < -0.4 is 0 Å². The van der Waals surface area contributed by atoms with E-state index in [9.17, 15) is 0 Å². The minimum atomic E-state index is 1.06. The van der Waals surface area contributed by atoms with Crippen LogP contribution in [-0.4, -0.2) is 0 Å². The highest BCUT2D eigenvalue weighted by atomic mass is 13.9. The minimum absolute atomic E-state index is 1.06. The molecule has 0 aliphatic heterocycles. The molecule has 0 aromatic heterocycles. The topological polar surface area (TPSA) is 0 Å². The van der Waals surface area contributed by atoms with Crippen molar-refractivity contribution in [1.82, 2.24) is 0 Å². The smallest absolute Gasteiger partial charge is 0.0166 e. The molecule has 0 nitrogen and oxygen atoms in total. The van der Waals surface area contributed by atoms with Crippen molar-refractivity contribution in [3.8, 4) is 0 Å². The molecule has 76 valence electrons. The van der Waals surface area contributed by atoms with E-state index in [2.05, 4.69) is 48.6 Å². The van der Waals surface area contributed by atoms with Crippen molar-refractivity contribution in [1.29, 1.82) is 0 Å². The van der Waals surface area contributed by atoms with Gasteiger partial charge in [0, 0.05) is 0 Å². The molecule has 0 saturated carbocycles. The Balaban J connectivity index is 2.36. The molecule has 0 fully saturated rings. The van der Waals surface area contributed by atoms with Gasteiger partial charge in [0.2, 0.25) is 0 Å². The number of rotatable bonds is 0. The molecule has 1 aliphatic rings. The van der Waals surface area contributed by atoms with E-state index in [1.807, 2.05) is 0 Å². The third-order valence-electron chi connectivity index (χ3n) is 2.29. The molecule has 0 aromatic carbocycles. The van der Waals surface area contributed by atoms with Gasteiger partial charge in [0.1, 0.15) is 0 Å². The van der Waals surface area contributed by atoms with E-state index >= 15 is 0 Å². The zero-order valence-corrected chi connectivity index (χ0v) is 8.86. The lowest BCUT2D eigenvalue weighted by molar-refractivity contribution is 0.695. The maximum atomic E-state index is 2.30. The highest BCUT2D eigenvalue weighted by molar-refractivity contribution is 5.11. The monoisotopic (exact) mass is 188 g/mol. The molecule has 0 heterocycles. The number of allylic oxidation sites excluding steroid dienone is 8. The third-order valence-corrected chi connectivity index (χ3v) is 2.29. The zero-order valence-electron chi connectivity index (χ0n) is 8.86. The van der Waals surface area contributed by atoms with E-state index in [0.29, 0.717) is 0 Å². The van der Waals surface area contributed by atoms with Crippen LogP contribution in [0.4, 0.5) is 0 Å². The summed E-state index contributed by atoms with van der Waals surface area (Å²) in [6.07, 6.45) is 25.0. The highest BCUT2D eigenvalue weighted by Crippen LogP contribution is 2.05. The van der Waals surface area contributed by atoms with E-state index in [0.717, 1.165) is 6.42 Å². The highest BCUT2D eigenvalue weighted by Gasteiger charge is 1.85. The molecule has 0 saturated heterocycles. The fourth-order valence-corrected chi connectivity index (χ4v) is 1.45. The van der Waals surface area contributed by atoms with Crippen molar-refractivity contribution < 1.29 is 0 Å². The molecule has 0 unspecified atom stereocenters. The fourth-order valence-electron chi connectivity index (χ4n) is 1.45. The first-order chi connectivity index (χ1) is 7.00. The number of hydrogen-bond acceptors (Lipinski definition) is 0. The van der Waals surface area contributed by atoms with Gasteiger partial charge in [0.15, 0.2) is 0 Å². The second kappa shape index (κ2) is 8.55. The Kier molecular flexibility index (Phi) is 6.74. The molecule has 0 amide bonds. The molecular formula is C14H20. The lowest BCUT2D eigenvalue weighted by Crippen LogP contribution is -1.75. The average Bonchev–Trinajstić information content (AvgIpc) is 2.22. The van der Waals surface area contributed by atoms with Gasteiger partial charge in [-0.25, -0.2) is 0 Å². The van der Waals surface area contributed by atoms with Gasteiger partial charge < -0.3 is 0 Å². The molecule has 0 spiro atoms. The Labute approximate surface area is 87.7 Å². The minimum Gasteiger partial charge on any atom is -0.0882 e. The molecule has 0 atom stereocenters. The Bertz CT molecular complexity index is 228. The first kappa shape index (κ1) is 11.0. The molecule has 1 rings (SSSR count). The molecule has 0 heteroatoms. The van der Waals surface area contributed by atoms with Crippen molar-refractivity contribution in [2.75, 3.05) is 0 Å². The maximum Gasteiger partial charge on any atom is -0.0166 e. The molecule has 0 radical (unpaired) electrons. The third kappa shape index (κ3) is 6.47. The lowest BCUT2D eigenvalue weighted by Gasteiger charge is -1.95.